The van der Waals surface area contributed by atoms with E-state index in [0.29, 0.717) is 29.5 Å². The van der Waals surface area contributed by atoms with Crippen LogP contribution in [0.3, 0.4) is 0 Å². The largest absolute Gasteiger partial charge is 0.383 e. The van der Waals surface area contributed by atoms with Crippen molar-refractivity contribution < 1.29 is 14.1 Å². The lowest BCUT2D eigenvalue weighted by Crippen LogP contribution is -2.41. The van der Waals surface area contributed by atoms with E-state index in [1.54, 1.807) is 26.4 Å². The molecule has 0 radical (unpaired) electrons. The van der Waals surface area contributed by atoms with Gasteiger partial charge in [0.15, 0.2) is 0 Å². The van der Waals surface area contributed by atoms with Crippen LogP contribution in [-0.2, 0) is 11.3 Å². The summed E-state index contributed by atoms with van der Waals surface area (Å²) in [5.74, 6) is 1.07. The van der Waals surface area contributed by atoms with E-state index in [2.05, 4.69) is 15.0 Å². The number of aromatic nitrogens is 2. The molecule has 0 bridgehead atoms. The fourth-order valence-corrected chi connectivity index (χ4v) is 3.80. The van der Waals surface area contributed by atoms with Crippen LogP contribution in [-0.4, -0.2) is 65.7 Å². The van der Waals surface area contributed by atoms with Gasteiger partial charge in [0.25, 0.3) is 5.91 Å². The summed E-state index contributed by atoms with van der Waals surface area (Å²) in [6, 6.07) is 3.92. The van der Waals surface area contributed by atoms with Crippen LogP contribution in [0.5, 0.6) is 0 Å². The zero-order chi connectivity index (χ0) is 19.9. The first-order chi connectivity index (χ1) is 13.6. The number of nitrogens with zero attached hydrogens (tertiary/aromatic N) is 4. The van der Waals surface area contributed by atoms with Crippen molar-refractivity contribution in [2.75, 3.05) is 39.9 Å². The lowest BCUT2D eigenvalue weighted by molar-refractivity contribution is 0.0656. The van der Waals surface area contributed by atoms with E-state index in [1.807, 2.05) is 24.0 Å². The first-order valence-corrected chi connectivity index (χ1v) is 9.90. The molecule has 3 rings (SSSR count). The number of methoxy groups -OCH3 is 1. The van der Waals surface area contributed by atoms with Crippen LogP contribution in [0, 0.1) is 19.8 Å². The molecule has 2 aromatic rings. The normalized spacial score (nSPS) is 15.7. The molecule has 28 heavy (non-hydrogen) atoms. The van der Waals surface area contributed by atoms with Gasteiger partial charge in [0, 0.05) is 39.1 Å². The van der Waals surface area contributed by atoms with Crippen LogP contribution in [0.25, 0.3) is 0 Å². The Morgan fingerprint density at radius 3 is 2.61 bits per heavy atom. The van der Waals surface area contributed by atoms with Crippen LogP contribution >= 0.6 is 0 Å². The summed E-state index contributed by atoms with van der Waals surface area (Å²) in [6.45, 7) is 8.77. The van der Waals surface area contributed by atoms with Crippen LogP contribution in [0.1, 0.15) is 40.2 Å². The van der Waals surface area contributed by atoms with E-state index in [1.165, 1.54) is 0 Å². The van der Waals surface area contributed by atoms with Crippen molar-refractivity contribution in [3.05, 3.63) is 47.1 Å². The summed E-state index contributed by atoms with van der Waals surface area (Å²) >= 11 is 0. The summed E-state index contributed by atoms with van der Waals surface area (Å²) in [5.41, 5.74) is 2.32. The summed E-state index contributed by atoms with van der Waals surface area (Å²) in [6.07, 6.45) is 5.71. The number of carbonyl (C=O) groups excluding carboxylic acids is 1. The zero-order valence-electron chi connectivity index (χ0n) is 17.1. The Hall–Kier alpha value is -2.25. The van der Waals surface area contributed by atoms with Gasteiger partial charge in [-0.25, -0.2) is 0 Å². The second-order valence-electron chi connectivity index (χ2n) is 7.52. The number of carbonyl (C=O) groups is 1. The molecular formula is C21H30N4O3. The van der Waals surface area contributed by atoms with E-state index < -0.39 is 0 Å². The molecule has 7 heteroatoms. The van der Waals surface area contributed by atoms with E-state index in [0.717, 1.165) is 51.2 Å². The van der Waals surface area contributed by atoms with E-state index in [-0.39, 0.29) is 5.91 Å². The summed E-state index contributed by atoms with van der Waals surface area (Å²) < 4.78 is 10.4. The van der Waals surface area contributed by atoms with Crippen molar-refractivity contribution in [1.82, 2.24) is 19.9 Å². The highest BCUT2D eigenvalue weighted by atomic mass is 16.5. The van der Waals surface area contributed by atoms with Crippen molar-refractivity contribution in [2.45, 2.75) is 33.2 Å². The molecule has 0 saturated carbocycles. The molecule has 0 N–H and O–H groups in total. The maximum Gasteiger partial charge on any atom is 0.259 e. The number of ether oxygens (including phenoxy) is 1. The summed E-state index contributed by atoms with van der Waals surface area (Å²) in [7, 11) is 1.74. The van der Waals surface area contributed by atoms with Crippen molar-refractivity contribution in [3.63, 3.8) is 0 Å². The molecule has 0 atom stereocenters. The smallest absolute Gasteiger partial charge is 0.259 e. The van der Waals surface area contributed by atoms with Crippen LogP contribution < -0.4 is 0 Å². The first-order valence-electron chi connectivity index (χ1n) is 9.90. The average molecular weight is 386 g/mol. The second kappa shape index (κ2) is 9.80. The minimum absolute atomic E-state index is 0.00475. The van der Waals surface area contributed by atoms with E-state index in [9.17, 15) is 4.79 Å². The molecule has 0 unspecified atom stereocenters. The molecule has 1 aliphatic rings. The average Bonchev–Trinajstić information content (AvgIpc) is 3.05. The van der Waals surface area contributed by atoms with Crippen LogP contribution in [0.4, 0.5) is 0 Å². The van der Waals surface area contributed by atoms with E-state index >= 15 is 0 Å². The van der Waals surface area contributed by atoms with Gasteiger partial charge in [-0.15, -0.1) is 0 Å². The highest BCUT2D eigenvalue weighted by molar-refractivity contribution is 5.96. The fraction of sp³-hybridized carbons (Fsp3) is 0.571. The molecule has 152 valence electrons. The van der Waals surface area contributed by atoms with Crippen molar-refractivity contribution in [2.24, 2.45) is 5.92 Å². The molecule has 0 aromatic carbocycles. The predicted octanol–water partition coefficient (Wildman–Crippen LogP) is 2.69. The molecule has 1 fully saturated rings. The number of piperidine rings is 1. The SMILES string of the molecule is COCCN1CCC(CN(Cc2ccncc2)C(=O)c2c(C)noc2C)CC1. The Morgan fingerprint density at radius 2 is 2.00 bits per heavy atom. The van der Waals surface area contributed by atoms with Crippen molar-refractivity contribution >= 4 is 5.91 Å². The van der Waals surface area contributed by atoms with Crippen molar-refractivity contribution in [3.8, 4) is 0 Å². The maximum absolute atomic E-state index is 13.3. The Labute approximate surface area is 166 Å². The number of amides is 1. The third-order valence-electron chi connectivity index (χ3n) is 5.45. The third kappa shape index (κ3) is 5.17. The Morgan fingerprint density at radius 1 is 1.29 bits per heavy atom. The Balaban J connectivity index is 1.69. The highest BCUT2D eigenvalue weighted by Gasteiger charge is 2.27. The van der Waals surface area contributed by atoms with Gasteiger partial charge in [0.1, 0.15) is 11.3 Å². The fourth-order valence-electron chi connectivity index (χ4n) is 3.80. The number of aryl methyl sites for hydroxylation is 2. The monoisotopic (exact) mass is 386 g/mol. The lowest BCUT2D eigenvalue weighted by atomic mass is 9.95. The van der Waals surface area contributed by atoms with E-state index in [4.69, 9.17) is 9.26 Å². The zero-order valence-corrected chi connectivity index (χ0v) is 17.1. The lowest BCUT2D eigenvalue weighted by Gasteiger charge is -2.35. The second-order valence-corrected chi connectivity index (χ2v) is 7.52. The molecule has 0 aliphatic carbocycles. The number of hydrogen-bond donors (Lipinski definition) is 0. The Kier molecular flexibility index (Phi) is 7.17. The molecule has 7 nitrogen and oxygen atoms in total. The molecule has 1 aliphatic heterocycles. The number of hydrogen-bond acceptors (Lipinski definition) is 6. The highest BCUT2D eigenvalue weighted by Crippen LogP contribution is 2.22. The Bertz CT molecular complexity index is 735. The van der Waals surface area contributed by atoms with Crippen LogP contribution in [0.15, 0.2) is 29.0 Å². The number of pyridine rings is 1. The summed E-state index contributed by atoms with van der Waals surface area (Å²) in [5, 5.41) is 3.96. The number of rotatable bonds is 8. The van der Waals surface area contributed by atoms with Gasteiger partial charge < -0.3 is 19.1 Å². The minimum atomic E-state index is -0.00475. The van der Waals surface area contributed by atoms with Gasteiger partial charge in [-0.3, -0.25) is 9.78 Å². The maximum atomic E-state index is 13.3. The molecule has 1 saturated heterocycles. The molecule has 2 aromatic heterocycles. The molecule has 0 spiro atoms. The van der Waals surface area contributed by atoms with Gasteiger partial charge in [-0.05, 0) is 63.4 Å². The van der Waals surface area contributed by atoms with Gasteiger partial charge in [0.2, 0.25) is 0 Å². The summed E-state index contributed by atoms with van der Waals surface area (Å²) in [4.78, 5) is 21.8. The van der Waals surface area contributed by atoms with Gasteiger partial charge in [-0.1, -0.05) is 5.16 Å². The minimum Gasteiger partial charge on any atom is -0.383 e. The first kappa shape index (κ1) is 20.5. The molecule has 3 heterocycles. The van der Waals surface area contributed by atoms with Gasteiger partial charge in [-0.2, -0.15) is 0 Å². The molecule has 1 amide bonds. The predicted molar refractivity (Wildman–Crippen MR) is 106 cm³/mol. The third-order valence-corrected chi connectivity index (χ3v) is 5.45. The number of likely N-dealkylation sites (tertiary alicyclic amines) is 1. The standard InChI is InChI=1S/C21H30N4O3/c1-16-20(17(2)28-23-16)21(26)25(14-18-4-8-22-9-5-18)15-19-6-10-24(11-7-19)12-13-27-3/h4-5,8-9,19H,6-7,10-15H2,1-3H3. The molecular weight excluding hydrogens is 356 g/mol. The topological polar surface area (TPSA) is 71.7 Å². The van der Waals surface area contributed by atoms with Crippen LogP contribution in [0.2, 0.25) is 0 Å². The van der Waals surface area contributed by atoms with Crippen molar-refractivity contribution in [1.29, 1.82) is 0 Å². The van der Waals surface area contributed by atoms with Gasteiger partial charge >= 0.3 is 0 Å². The van der Waals surface area contributed by atoms with Gasteiger partial charge in [0.05, 0.1) is 12.3 Å². The quantitative estimate of drug-likeness (QED) is 0.695.